The molecule has 0 spiro atoms. The highest BCUT2D eigenvalue weighted by Crippen LogP contribution is 2.44. The van der Waals surface area contributed by atoms with Gasteiger partial charge in [-0.2, -0.15) is 0 Å². The number of carbonyl (C=O) groups is 3. The van der Waals surface area contributed by atoms with Crippen molar-refractivity contribution < 1.29 is 29.0 Å². The third-order valence-electron chi connectivity index (χ3n) is 6.86. The van der Waals surface area contributed by atoms with Gasteiger partial charge in [-0.3, -0.25) is 4.79 Å². The van der Waals surface area contributed by atoms with Crippen LogP contribution >= 0.6 is 11.3 Å². The molecule has 1 amide bonds. The van der Waals surface area contributed by atoms with Crippen molar-refractivity contribution in [2.24, 2.45) is 5.92 Å². The number of esters is 1. The third-order valence-corrected chi connectivity index (χ3v) is 7.80. The molecule has 1 aromatic heterocycles. The smallest absolute Gasteiger partial charge is 0.410 e. The zero-order valence-electron chi connectivity index (χ0n) is 21.9. The zero-order valence-corrected chi connectivity index (χ0v) is 22.7. The van der Waals surface area contributed by atoms with Gasteiger partial charge in [0.15, 0.2) is 11.8 Å². The van der Waals surface area contributed by atoms with Gasteiger partial charge in [0.1, 0.15) is 11.6 Å². The topological polar surface area (TPSA) is 106 Å². The SMILES string of the molecule is CCN(C(=O)OCC1c2ccccc2-c2ccccc21)C(CC(OC(C)=O)c1nc(C(=O)O)cs1)C(C)C. The second kappa shape index (κ2) is 11.8. The van der Waals surface area contributed by atoms with Crippen LogP contribution in [0.1, 0.15) is 72.8 Å². The minimum Gasteiger partial charge on any atom is -0.476 e. The lowest BCUT2D eigenvalue weighted by Gasteiger charge is -2.35. The Morgan fingerprint density at radius 1 is 1.05 bits per heavy atom. The highest BCUT2D eigenvalue weighted by atomic mass is 32.1. The average molecular weight is 537 g/mol. The van der Waals surface area contributed by atoms with E-state index in [1.54, 1.807) is 4.90 Å². The highest BCUT2D eigenvalue weighted by molar-refractivity contribution is 7.09. The summed E-state index contributed by atoms with van der Waals surface area (Å²) in [6, 6.07) is 16.0. The van der Waals surface area contributed by atoms with E-state index in [9.17, 15) is 19.5 Å². The van der Waals surface area contributed by atoms with E-state index in [4.69, 9.17) is 9.47 Å². The van der Waals surface area contributed by atoms with Gasteiger partial charge in [-0.25, -0.2) is 14.6 Å². The van der Waals surface area contributed by atoms with E-state index in [-0.39, 0.29) is 36.6 Å². The van der Waals surface area contributed by atoms with Crippen LogP contribution in [0.2, 0.25) is 0 Å². The molecule has 3 aromatic rings. The Balaban J connectivity index is 1.52. The normalized spacial score (nSPS) is 13.9. The van der Waals surface area contributed by atoms with Crippen LogP contribution in [-0.4, -0.2) is 52.2 Å². The molecule has 0 radical (unpaired) electrons. The fourth-order valence-corrected chi connectivity index (χ4v) is 5.92. The monoisotopic (exact) mass is 536 g/mol. The summed E-state index contributed by atoms with van der Waals surface area (Å²) in [6.45, 7) is 7.75. The standard InChI is InChI=1S/C29H32N2O6S/c1-5-31(25(17(2)3)14-26(37-18(4)32)27-30-24(16-38-27)28(33)34)29(35)36-15-23-21-12-8-6-10-19(21)20-11-7-9-13-22(20)23/h6-13,16-17,23,25-26H,5,14-15H2,1-4H3,(H,33,34). The van der Waals surface area contributed by atoms with Gasteiger partial charge in [0.25, 0.3) is 0 Å². The van der Waals surface area contributed by atoms with E-state index in [1.807, 2.05) is 45.0 Å². The second-order valence-corrected chi connectivity index (χ2v) is 10.5. The summed E-state index contributed by atoms with van der Waals surface area (Å²) in [7, 11) is 0. The molecule has 1 aliphatic rings. The van der Waals surface area contributed by atoms with Crippen LogP contribution in [0.25, 0.3) is 11.1 Å². The van der Waals surface area contributed by atoms with Crippen LogP contribution in [0.15, 0.2) is 53.9 Å². The van der Waals surface area contributed by atoms with Crippen molar-refractivity contribution in [3.8, 4) is 11.1 Å². The van der Waals surface area contributed by atoms with Crippen molar-refractivity contribution in [3.63, 3.8) is 0 Å². The average Bonchev–Trinajstić information content (AvgIpc) is 3.50. The predicted molar refractivity (Wildman–Crippen MR) is 144 cm³/mol. The molecule has 0 saturated heterocycles. The number of rotatable bonds is 10. The summed E-state index contributed by atoms with van der Waals surface area (Å²) >= 11 is 1.12. The molecular formula is C29H32N2O6S. The zero-order chi connectivity index (χ0) is 27.4. The molecule has 2 unspecified atom stereocenters. The molecule has 1 N–H and O–H groups in total. The minimum absolute atomic E-state index is 0.00685. The summed E-state index contributed by atoms with van der Waals surface area (Å²) in [5.74, 6) is -1.70. The van der Waals surface area contributed by atoms with Gasteiger partial charge >= 0.3 is 18.0 Å². The number of nitrogens with zero attached hydrogens (tertiary/aromatic N) is 2. The number of hydrogen-bond donors (Lipinski definition) is 1. The van der Waals surface area contributed by atoms with Crippen LogP contribution in [0.3, 0.4) is 0 Å². The summed E-state index contributed by atoms with van der Waals surface area (Å²) < 4.78 is 11.5. The first kappa shape index (κ1) is 27.3. The van der Waals surface area contributed by atoms with Gasteiger partial charge in [0, 0.05) is 37.2 Å². The van der Waals surface area contributed by atoms with Crippen LogP contribution in [0, 0.1) is 5.92 Å². The number of fused-ring (bicyclic) bond motifs is 3. The van der Waals surface area contributed by atoms with Crippen LogP contribution in [0.4, 0.5) is 4.79 Å². The lowest BCUT2D eigenvalue weighted by atomic mass is 9.96. The molecule has 0 fully saturated rings. The van der Waals surface area contributed by atoms with E-state index in [0.717, 1.165) is 33.6 Å². The number of hydrogen-bond acceptors (Lipinski definition) is 7. The minimum atomic E-state index is -1.15. The van der Waals surface area contributed by atoms with E-state index in [2.05, 4.69) is 29.2 Å². The Labute approximate surface area is 226 Å². The van der Waals surface area contributed by atoms with Gasteiger partial charge in [0.2, 0.25) is 0 Å². The second-order valence-electron chi connectivity index (χ2n) is 9.61. The molecule has 0 bridgehead atoms. The number of aromatic nitrogens is 1. The number of ether oxygens (including phenoxy) is 2. The summed E-state index contributed by atoms with van der Waals surface area (Å²) in [5.41, 5.74) is 4.48. The number of aromatic carboxylic acids is 1. The molecule has 1 aliphatic carbocycles. The number of benzene rings is 2. The Bertz CT molecular complexity index is 1270. The maximum Gasteiger partial charge on any atom is 0.410 e. The molecule has 0 aliphatic heterocycles. The predicted octanol–water partition coefficient (Wildman–Crippen LogP) is 6.13. The highest BCUT2D eigenvalue weighted by Gasteiger charge is 2.34. The molecule has 1 heterocycles. The van der Waals surface area contributed by atoms with Crippen molar-refractivity contribution in [1.82, 2.24) is 9.88 Å². The Morgan fingerprint density at radius 2 is 1.66 bits per heavy atom. The van der Waals surface area contributed by atoms with Crippen LogP contribution in [0.5, 0.6) is 0 Å². The maximum atomic E-state index is 13.4. The Hall–Kier alpha value is -3.72. The van der Waals surface area contributed by atoms with Gasteiger partial charge < -0.3 is 19.5 Å². The number of carboxylic acid groups (broad SMARTS) is 1. The number of amides is 1. The summed E-state index contributed by atoms with van der Waals surface area (Å²) in [4.78, 5) is 42.4. The van der Waals surface area contributed by atoms with E-state index in [0.29, 0.717) is 11.6 Å². The van der Waals surface area contributed by atoms with Gasteiger partial charge in [-0.15, -0.1) is 11.3 Å². The van der Waals surface area contributed by atoms with Crippen molar-refractivity contribution in [3.05, 3.63) is 75.7 Å². The van der Waals surface area contributed by atoms with Crippen molar-refractivity contribution in [2.75, 3.05) is 13.2 Å². The Kier molecular flexibility index (Phi) is 8.46. The fourth-order valence-electron chi connectivity index (χ4n) is 5.09. The van der Waals surface area contributed by atoms with Crippen LogP contribution < -0.4 is 0 Å². The van der Waals surface area contributed by atoms with Crippen molar-refractivity contribution >= 4 is 29.4 Å². The lowest BCUT2D eigenvalue weighted by molar-refractivity contribution is -0.147. The third kappa shape index (κ3) is 5.72. The molecular weight excluding hydrogens is 504 g/mol. The molecule has 38 heavy (non-hydrogen) atoms. The molecule has 200 valence electrons. The van der Waals surface area contributed by atoms with Crippen molar-refractivity contribution in [2.45, 2.75) is 52.2 Å². The Morgan fingerprint density at radius 3 is 2.16 bits per heavy atom. The molecule has 0 saturated carbocycles. The maximum absolute atomic E-state index is 13.4. The van der Waals surface area contributed by atoms with E-state index in [1.165, 1.54) is 12.3 Å². The largest absolute Gasteiger partial charge is 0.476 e. The van der Waals surface area contributed by atoms with Gasteiger partial charge in [-0.05, 0) is 35.1 Å². The molecule has 2 atom stereocenters. The summed E-state index contributed by atoms with van der Waals surface area (Å²) in [5, 5.41) is 11.1. The molecule has 2 aromatic carbocycles. The van der Waals surface area contributed by atoms with Gasteiger partial charge in [-0.1, -0.05) is 62.4 Å². The van der Waals surface area contributed by atoms with E-state index < -0.39 is 24.1 Å². The molecule has 4 rings (SSSR count). The van der Waals surface area contributed by atoms with Crippen molar-refractivity contribution in [1.29, 1.82) is 0 Å². The first-order valence-corrected chi connectivity index (χ1v) is 13.6. The lowest BCUT2D eigenvalue weighted by Crippen LogP contribution is -2.45. The first-order valence-electron chi connectivity index (χ1n) is 12.7. The number of carbonyl (C=O) groups excluding carboxylic acids is 2. The number of thiazole rings is 1. The van der Waals surface area contributed by atoms with Crippen LogP contribution in [-0.2, 0) is 14.3 Å². The van der Waals surface area contributed by atoms with E-state index >= 15 is 0 Å². The number of carboxylic acids is 1. The molecule has 8 nitrogen and oxygen atoms in total. The van der Waals surface area contributed by atoms with Gasteiger partial charge in [0.05, 0.1) is 0 Å². The molecule has 9 heteroatoms. The fraction of sp³-hybridized carbons (Fsp3) is 0.379. The summed E-state index contributed by atoms with van der Waals surface area (Å²) in [6.07, 6.45) is -0.963. The quantitative estimate of drug-likeness (QED) is 0.311. The first-order chi connectivity index (χ1) is 18.2.